The molecule has 1 aromatic carbocycles. The summed E-state index contributed by atoms with van der Waals surface area (Å²) in [5.41, 5.74) is 0.953. The number of benzene rings is 1. The minimum atomic E-state index is -3.78. The number of carbonyl (C=O) groups is 1. The van der Waals surface area contributed by atoms with Crippen LogP contribution in [0.25, 0.3) is 11.3 Å². The second kappa shape index (κ2) is 6.74. The molecule has 3 rings (SSSR count). The van der Waals surface area contributed by atoms with Gasteiger partial charge in [-0.15, -0.1) is 0 Å². The standard InChI is InChI=1S/C16H19N3O4S/c20-16(21)12-8-11(15-6-7-17-18-15)9-14(10-12)24(22,23)19-13-4-2-1-3-5-13/h6-10,13,19H,1-5H2,(H,17,18)(H,20,21). The van der Waals surface area contributed by atoms with E-state index in [0.717, 1.165) is 32.1 Å². The fourth-order valence-electron chi connectivity index (χ4n) is 2.96. The van der Waals surface area contributed by atoms with Gasteiger partial charge in [0, 0.05) is 17.8 Å². The lowest BCUT2D eigenvalue weighted by atomic mass is 9.96. The number of hydrogen-bond acceptors (Lipinski definition) is 4. The van der Waals surface area contributed by atoms with Gasteiger partial charge in [-0.05, 0) is 37.1 Å². The van der Waals surface area contributed by atoms with E-state index in [0.29, 0.717) is 11.3 Å². The molecular formula is C16H19N3O4S. The number of aromatic carboxylic acids is 1. The Morgan fingerprint density at radius 2 is 1.96 bits per heavy atom. The van der Waals surface area contributed by atoms with Gasteiger partial charge in [-0.3, -0.25) is 5.10 Å². The van der Waals surface area contributed by atoms with Crippen LogP contribution in [-0.2, 0) is 10.0 Å². The first-order valence-electron chi connectivity index (χ1n) is 7.86. The van der Waals surface area contributed by atoms with Crippen molar-refractivity contribution in [2.24, 2.45) is 0 Å². The van der Waals surface area contributed by atoms with E-state index < -0.39 is 16.0 Å². The van der Waals surface area contributed by atoms with Crippen LogP contribution in [0.15, 0.2) is 35.4 Å². The fraction of sp³-hybridized carbons (Fsp3) is 0.375. The van der Waals surface area contributed by atoms with Crippen molar-refractivity contribution in [3.63, 3.8) is 0 Å². The first-order chi connectivity index (χ1) is 11.5. The van der Waals surface area contributed by atoms with Gasteiger partial charge in [0.1, 0.15) is 0 Å². The second-order valence-corrected chi connectivity index (χ2v) is 7.69. The van der Waals surface area contributed by atoms with Crippen molar-refractivity contribution < 1.29 is 18.3 Å². The Hall–Kier alpha value is -2.19. The zero-order valence-electron chi connectivity index (χ0n) is 13.0. The average molecular weight is 349 g/mol. The van der Waals surface area contributed by atoms with E-state index in [4.69, 9.17) is 0 Å². The zero-order chi connectivity index (χ0) is 17.2. The zero-order valence-corrected chi connectivity index (χ0v) is 13.8. The minimum Gasteiger partial charge on any atom is -0.478 e. The fourth-order valence-corrected chi connectivity index (χ4v) is 4.33. The normalized spacial score (nSPS) is 16.2. The van der Waals surface area contributed by atoms with E-state index in [-0.39, 0.29) is 16.5 Å². The summed E-state index contributed by atoms with van der Waals surface area (Å²) in [5.74, 6) is -1.18. The molecule has 3 N–H and O–H groups in total. The Morgan fingerprint density at radius 3 is 2.58 bits per heavy atom. The van der Waals surface area contributed by atoms with Crippen molar-refractivity contribution in [1.82, 2.24) is 14.9 Å². The van der Waals surface area contributed by atoms with Crippen molar-refractivity contribution in [1.29, 1.82) is 0 Å². The Morgan fingerprint density at radius 1 is 1.21 bits per heavy atom. The van der Waals surface area contributed by atoms with Crippen LogP contribution in [0, 0.1) is 0 Å². The molecule has 7 nitrogen and oxygen atoms in total. The van der Waals surface area contributed by atoms with Crippen molar-refractivity contribution >= 4 is 16.0 Å². The first kappa shape index (κ1) is 16.7. The summed E-state index contributed by atoms with van der Waals surface area (Å²) in [6, 6.07) is 5.65. The molecule has 1 aromatic heterocycles. The summed E-state index contributed by atoms with van der Waals surface area (Å²) in [4.78, 5) is 11.3. The van der Waals surface area contributed by atoms with Crippen LogP contribution < -0.4 is 4.72 Å². The lowest BCUT2D eigenvalue weighted by molar-refractivity contribution is 0.0696. The average Bonchev–Trinajstić information content (AvgIpc) is 3.09. The van der Waals surface area contributed by atoms with Gasteiger partial charge in [0.25, 0.3) is 0 Å². The monoisotopic (exact) mass is 349 g/mol. The maximum atomic E-state index is 12.7. The van der Waals surface area contributed by atoms with Crippen molar-refractivity contribution in [2.45, 2.75) is 43.0 Å². The molecule has 8 heteroatoms. The highest BCUT2D eigenvalue weighted by molar-refractivity contribution is 7.89. The molecule has 0 radical (unpaired) electrons. The molecule has 0 atom stereocenters. The highest BCUT2D eigenvalue weighted by Gasteiger charge is 2.23. The van der Waals surface area contributed by atoms with Crippen molar-refractivity contribution in [2.75, 3.05) is 0 Å². The number of nitrogens with zero attached hydrogens (tertiary/aromatic N) is 1. The SMILES string of the molecule is O=C(O)c1cc(-c2ccn[nH]2)cc(S(=O)(=O)NC2CCCCC2)c1. The third kappa shape index (κ3) is 3.65. The van der Waals surface area contributed by atoms with Crippen LogP contribution in [0.3, 0.4) is 0 Å². The molecule has 128 valence electrons. The number of nitrogens with one attached hydrogen (secondary N) is 2. The number of H-pyrrole nitrogens is 1. The van der Waals surface area contributed by atoms with Crippen LogP contribution >= 0.6 is 0 Å². The van der Waals surface area contributed by atoms with E-state index >= 15 is 0 Å². The van der Waals surface area contributed by atoms with Crippen LogP contribution in [-0.4, -0.2) is 35.7 Å². The number of sulfonamides is 1. The van der Waals surface area contributed by atoms with Crippen LogP contribution in [0.1, 0.15) is 42.5 Å². The van der Waals surface area contributed by atoms with E-state index in [1.807, 2.05) is 0 Å². The Bertz CT molecular complexity index is 825. The molecule has 0 unspecified atom stereocenters. The molecule has 1 saturated carbocycles. The third-order valence-corrected chi connectivity index (χ3v) is 5.70. The van der Waals surface area contributed by atoms with Gasteiger partial charge in [0.05, 0.1) is 16.2 Å². The van der Waals surface area contributed by atoms with Gasteiger partial charge in [-0.25, -0.2) is 17.9 Å². The number of aromatic nitrogens is 2. The topological polar surface area (TPSA) is 112 Å². The van der Waals surface area contributed by atoms with Gasteiger partial charge in [0.2, 0.25) is 10.0 Å². The predicted octanol–water partition coefficient (Wildman–Crippen LogP) is 2.39. The summed E-state index contributed by atoms with van der Waals surface area (Å²) < 4.78 is 28.0. The smallest absolute Gasteiger partial charge is 0.335 e. The second-order valence-electron chi connectivity index (χ2n) is 5.98. The molecule has 2 aromatic rings. The Balaban J connectivity index is 1.97. The molecule has 1 fully saturated rings. The lowest BCUT2D eigenvalue weighted by Crippen LogP contribution is -2.36. The quantitative estimate of drug-likeness (QED) is 0.767. The third-order valence-electron chi connectivity index (χ3n) is 4.20. The molecule has 0 amide bonds. The maximum absolute atomic E-state index is 12.7. The molecule has 24 heavy (non-hydrogen) atoms. The molecule has 1 aliphatic rings. The molecule has 0 bridgehead atoms. The van der Waals surface area contributed by atoms with Crippen LogP contribution in [0.5, 0.6) is 0 Å². The van der Waals surface area contributed by atoms with E-state index in [9.17, 15) is 18.3 Å². The molecule has 0 saturated heterocycles. The predicted molar refractivity (Wildman–Crippen MR) is 88.2 cm³/mol. The van der Waals surface area contributed by atoms with Crippen LogP contribution in [0.4, 0.5) is 0 Å². The van der Waals surface area contributed by atoms with Gasteiger partial charge >= 0.3 is 5.97 Å². The number of carboxylic acids is 1. The largest absolute Gasteiger partial charge is 0.478 e. The minimum absolute atomic E-state index is 0.0439. The maximum Gasteiger partial charge on any atom is 0.335 e. The molecular weight excluding hydrogens is 330 g/mol. The van der Waals surface area contributed by atoms with E-state index in [1.54, 1.807) is 6.07 Å². The number of aromatic amines is 1. The molecule has 1 heterocycles. The molecule has 1 aliphatic carbocycles. The summed E-state index contributed by atoms with van der Waals surface area (Å²) in [7, 11) is -3.78. The first-order valence-corrected chi connectivity index (χ1v) is 9.34. The molecule has 0 spiro atoms. The van der Waals surface area contributed by atoms with E-state index in [2.05, 4.69) is 14.9 Å². The number of rotatable bonds is 5. The number of carboxylic acid groups (broad SMARTS) is 1. The summed E-state index contributed by atoms with van der Waals surface area (Å²) >= 11 is 0. The van der Waals surface area contributed by atoms with Gasteiger partial charge < -0.3 is 5.11 Å². The van der Waals surface area contributed by atoms with Crippen molar-refractivity contribution in [3.8, 4) is 11.3 Å². The highest BCUT2D eigenvalue weighted by Crippen LogP contribution is 2.25. The number of hydrogen-bond donors (Lipinski definition) is 3. The lowest BCUT2D eigenvalue weighted by Gasteiger charge is -2.22. The Labute approximate surface area is 140 Å². The van der Waals surface area contributed by atoms with Gasteiger partial charge in [-0.1, -0.05) is 19.3 Å². The van der Waals surface area contributed by atoms with Crippen molar-refractivity contribution in [3.05, 3.63) is 36.0 Å². The van der Waals surface area contributed by atoms with Gasteiger partial charge in [0.15, 0.2) is 0 Å². The van der Waals surface area contributed by atoms with Crippen LogP contribution in [0.2, 0.25) is 0 Å². The summed E-state index contributed by atoms with van der Waals surface area (Å²) in [6.45, 7) is 0. The highest BCUT2D eigenvalue weighted by atomic mass is 32.2. The summed E-state index contributed by atoms with van der Waals surface area (Å²) in [6.07, 6.45) is 6.27. The van der Waals surface area contributed by atoms with Gasteiger partial charge in [-0.2, -0.15) is 5.10 Å². The Kier molecular flexibility index (Phi) is 4.68. The molecule has 0 aliphatic heterocycles. The van der Waals surface area contributed by atoms with E-state index in [1.165, 1.54) is 24.4 Å². The summed E-state index contributed by atoms with van der Waals surface area (Å²) in [5, 5.41) is 15.8.